The van der Waals surface area contributed by atoms with Crippen molar-refractivity contribution in [3.63, 3.8) is 0 Å². The predicted octanol–water partition coefficient (Wildman–Crippen LogP) is 2.50. The molecule has 2 aromatic carbocycles. The second-order valence-corrected chi connectivity index (χ2v) is 8.62. The maximum absolute atomic E-state index is 12.5. The van der Waals surface area contributed by atoms with Crippen LogP contribution in [0.25, 0.3) is 0 Å². The molecule has 30 heavy (non-hydrogen) atoms. The van der Waals surface area contributed by atoms with Crippen LogP contribution in [0.15, 0.2) is 53.4 Å². The van der Waals surface area contributed by atoms with Gasteiger partial charge in [0.1, 0.15) is 0 Å². The van der Waals surface area contributed by atoms with E-state index in [1.807, 2.05) is 6.07 Å². The predicted molar refractivity (Wildman–Crippen MR) is 113 cm³/mol. The molecule has 0 aliphatic carbocycles. The molecule has 1 unspecified atom stereocenters. The van der Waals surface area contributed by atoms with Crippen LogP contribution in [0.4, 0.5) is 5.69 Å². The lowest BCUT2D eigenvalue weighted by Crippen LogP contribution is -2.34. The first-order chi connectivity index (χ1) is 14.1. The fourth-order valence-corrected chi connectivity index (χ4v) is 3.64. The molecule has 0 fully saturated rings. The highest BCUT2D eigenvalue weighted by molar-refractivity contribution is 7.89. The van der Waals surface area contributed by atoms with Crippen LogP contribution in [-0.4, -0.2) is 38.2 Å². The van der Waals surface area contributed by atoms with E-state index in [4.69, 9.17) is 5.26 Å². The van der Waals surface area contributed by atoms with E-state index in [1.165, 1.54) is 36.1 Å². The zero-order chi connectivity index (χ0) is 22.3. The van der Waals surface area contributed by atoms with Crippen LogP contribution in [0.5, 0.6) is 0 Å². The molecule has 0 aliphatic heterocycles. The number of sulfonamides is 1. The molecular weight excluding hydrogens is 404 g/mol. The van der Waals surface area contributed by atoms with Gasteiger partial charge in [-0.3, -0.25) is 9.59 Å². The lowest BCUT2D eigenvalue weighted by atomic mass is 10.1. The molecule has 158 valence electrons. The molecule has 2 aromatic rings. The minimum atomic E-state index is -3.73. The summed E-state index contributed by atoms with van der Waals surface area (Å²) in [6, 6.07) is 14.3. The van der Waals surface area contributed by atoms with Crippen LogP contribution >= 0.6 is 0 Å². The number of anilines is 1. The lowest BCUT2D eigenvalue weighted by Gasteiger charge is -2.23. The van der Waals surface area contributed by atoms with Gasteiger partial charge >= 0.3 is 0 Å². The molecule has 8 nitrogen and oxygen atoms in total. The number of hydrogen-bond acceptors (Lipinski definition) is 5. The van der Waals surface area contributed by atoms with E-state index in [0.29, 0.717) is 16.8 Å². The van der Waals surface area contributed by atoms with Crippen LogP contribution in [0.1, 0.15) is 36.2 Å². The van der Waals surface area contributed by atoms with E-state index < -0.39 is 10.0 Å². The summed E-state index contributed by atoms with van der Waals surface area (Å²) in [6.45, 7) is 3.23. The molecule has 0 aliphatic rings. The third-order valence-corrected chi connectivity index (χ3v) is 5.94. The summed E-state index contributed by atoms with van der Waals surface area (Å²) in [5, 5.41) is 11.3. The van der Waals surface area contributed by atoms with Crippen molar-refractivity contribution in [3.05, 3.63) is 59.7 Å². The van der Waals surface area contributed by atoms with Crippen LogP contribution < -0.4 is 10.0 Å². The number of rotatable bonds is 8. The number of benzene rings is 2. The first-order valence-electron chi connectivity index (χ1n) is 9.24. The Morgan fingerprint density at radius 2 is 1.70 bits per heavy atom. The topological polar surface area (TPSA) is 119 Å². The van der Waals surface area contributed by atoms with Crippen LogP contribution in [0.3, 0.4) is 0 Å². The summed E-state index contributed by atoms with van der Waals surface area (Å²) in [7, 11) is -2.09. The van der Waals surface area contributed by atoms with Crippen molar-refractivity contribution in [2.45, 2.75) is 37.8 Å². The normalized spacial score (nSPS) is 11.9. The van der Waals surface area contributed by atoms with E-state index >= 15 is 0 Å². The van der Waals surface area contributed by atoms with Gasteiger partial charge in [0.2, 0.25) is 15.9 Å². The van der Waals surface area contributed by atoms with Crippen molar-refractivity contribution in [2.24, 2.45) is 0 Å². The Hall–Kier alpha value is -3.22. The Labute approximate surface area is 176 Å². The van der Waals surface area contributed by atoms with Crippen LogP contribution in [0, 0.1) is 11.3 Å². The van der Waals surface area contributed by atoms with Crippen molar-refractivity contribution < 1.29 is 18.0 Å². The number of nitrogens with one attached hydrogen (secondary N) is 2. The summed E-state index contributed by atoms with van der Waals surface area (Å²) >= 11 is 0. The van der Waals surface area contributed by atoms with Crippen molar-refractivity contribution in [1.82, 2.24) is 9.62 Å². The Morgan fingerprint density at radius 1 is 1.10 bits per heavy atom. The molecule has 2 N–H and O–H groups in total. The Kier molecular flexibility index (Phi) is 7.69. The van der Waals surface area contributed by atoms with Crippen LogP contribution in [0.2, 0.25) is 0 Å². The standard InChI is InChI=1S/C21H24N4O4S/c1-15(12-13-22)25(3)21(27)18-6-4-17(5-7-18)14-23-30(28,29)20-10-8-19(9-11-20)24-16(2)26/h4-11,15,23H,12,14H2,1-3H3,(H,24,26). The van der Waals surface area contributed by atoms with E-state index in [2.05, 4.69) is 10.0 Å². The van der Waals surface area contributed by atoms with E-state index in [-0.39, 0.29) is 35.7 Å². The SMILES string of the molecule is CC(=O)Nc1ccc(S(=O)(=O)NCc2ccc(C(=O)N(C)C(C)CC#N)cc2)cc1. The highest BCUT2D eigenvalue weighted by Gasteiger charge is 2.18. The Balaban J connectivity index is 2.01. The third-order valence-electron chi connectivity index (χ3n) is 4.52. The van der Waals surface area contributed by atoms with Gasteiger partial charge in [-0.05, 0) is 48.9 Å². The molecular formula is C21H24N4O4S. The van der Waals surface area contributed by atoms with Gasteiger partial charge in [0.25, 0.3) is 5.91 Å². The van der Waals surface area contributed by atoms with Gasteiger partial charge in [0, 0.05) is 37.8 Å². The third kappa shape index (κ3) is 6.14. The van der Waals surface area contributed by atoms with Gasteiger partial charge in [0.15, 0.2) is 0 Å². The van der Waals surface area contributed by atoms with E-state index in [0.717, 1.165) is 0 Å². The number of carbonyl (C=O) groups is 2. The molecule has 0 heterocycles. The first-order valence-corrected chi connectivity index (χ1v) is 10.7. The lowest BCUT2D eigenvalue weighted by molar-refractivity contribution is -0.114. The summed E-state index contributed by atoms with van der Waals surface area (Å²) in [5.41, 5.74) is 1.66. The van der Waals surface area contributed by atoms with Gasteiger partial charge in [0.05, 0.1) is 17.4 Å². The largest absolute Gasteiger partial charge is 0.338 e. The average molecular weight is 429 g/mol. The van der Waals surface area contributed by atoms with Gasteiger partial charge < -0.3 is 10.2 Å². The van der Waals surface area contributed by atoms with Crippen molar-refractivity contribution in [3.8, 4) is 6.07 Å². The fourth-order valence-electron chi connectivity index (χ4n) is 2.62. The Bertz CT molecular complexity index is 1040. The molecule has 1 atom stereocenters. The monoisotopic (exact) mass is 428 g/mol. The smallest absolute Gasteiger partial charge is 0.253 e. The van der Waals surface area contributed by atoms with Gasteiger partial charge in [-0.2, -0.15) is 5.26 Å². The fraction of sp³-hybridized carbons (Fsp3) is 0.286. The molecule has 0 radical (unpaired) electrons. The molecule has 2 amide bonds. The highest BCUT2D eigenvalue weighted by atomic mass is 32.2. The van der Waals surface area contributed by atoms with E-state index in [9.17, 15) is 18.0 Å². The molecule has 0 saturated heterocycles. The minimum Gasteiger partial charge on any atom is -0.338 e. The van der Waals surface area contributed by atoms with Gasteiger partial charge in [-0.1, -0.05) is 12.1 Å². The van der Waals surface area contributed by atoms with Crippen molar-refractivity contribution in [1.29, 1.82) is 5.26 Å². The first kappa shape index (κ1) is 23.1. The molecule has 2 rings (SSSR count). The van der Waals surface area contributed by atoms with Gasteiger partial charge in [-0.15, -0.1) is 0 Å². The second-order valence-electron chi connectivity index (χ2n) is 6.85. The quantitative estimate of drug-likeness (QED) is 0.669. The highest BCUT2D eigenvalue weighted by Crippen LogP contribution is 2.15. The van der Waals surface area contributed by atoms with E-state index in [1.54, 1.807) is 38.2 Å². The maximum atomic E-state index is 12.5. The summed E-state index contributed by atoms with van der Waals surface area (Å²) in [4.78, 5) is 25.1. The zero-order valence-corrected chi connectivity index (χ0v) is 17.9. The molecule has 0 saturated carbocycles. The van der Waals surface area contributed by atoms with Gasteiger partial charge in [-0.25, -0.2) is 13.1 Å². The van der Waals surface area contributed by atoms with Crippen LogP contribution in [-0.2, 0) is 21.4 Å². The zero-order valence-electron chi connectivity index (χ0n) is 17.0. The summed E-state index contributed by atoms with van der Waals surface area (Å²) in [6.07, 6.45) is 0.244. The van der Waals surface area contributed by atoms with Crippen molar-refractivity contribution >= 4 is 27.5 Å². The molecule has 0 spiro atoms. The number of nitrogens with zero attached hydrogens (tertiary/aromatic N) is 2. The number of amides is 2. The summed E-state index contributed by atoms with van der Waals surface area (Å²) < 4.78 is 27.4. The number of carbonyl (C=O) groups excluding carboxylic acids is 2. The summed E-state index contributed by atoms with van der Waals surface area (Å²) in [5.74, 6) is -0.444. The second kappa shape index (κ2) is 10.0. The molecule has 0 bridgehead atoms. The Morgan fingerprint density at radius 3 is 2.23 bits per heavy atom. The number of hydrogen-bond donors (Lipinski definition) is 2. The minimum absolute atomic E-state index is 0.0604. The molecule has 9 heteroatoms. The average Bonchev–Trinajstić information content (AvgIpc) is 2.72. The molecule has 0 aromatic heterocycles. The number of nitriles is 1. The maximum Gasteiger partial charge on any atom is 0.253 e. The van der Waals surface area contributed by atoms with Crippen molar-refractivity contribution in [2.75, 3.05) is 12.4 Å².